The second-order valence-corrected chi connectivity index (χ2v) is 14.4. The van der Waals surface area contributed by atoms with Gasteiger partial charge in [-0.05, 0) is 117 Å². The van der Waals surface area contributed by atoms with Gasteiger partial charge in [-0.15, -0.1) is 0 Å². The van der Waals surface area contributed by atoms with Crippen LogP contribution in [0.3, 0.4) is 0 Å². The average molecular weight is 671 g/mol. The molecule has 0 unspecified atom stereocenters. The summed E-state index contributed by atoms with van der Waals surface area (Å²) in [6.07, 6.45) is 0. The van der Waals surface area contributed by atoms with E-state index in [0.717, 1.165) is 27.5 Å². The monoisotopic (exact) mass is 670 g/mol. The van der Waals surface area contributed by atoms with Crippen LogP contribution < -0.4 is 0 Å². The molecule has 1 heterocycles. The fourth-order valence-corrected chi connectivity index (χ4v) is 9.11. The molecular weight excluding hydrogens is 641 g/mol. The maximum absolute atomic E-state index is 6.97. The molecular formula is C52H30O. The summed E-state index contributed by atoms with van der Waals surface area (Å²) in [6, 6.07) is 66.8. The van der Waals surface area contributed by atoms with Crippen molar-refractivity contribution in [2.24, 2.45) is 0 Å². The lowest BCUT2D eigenvalue weighted by Crippen LogP contribution is -1.88. The van der Waals surface area contributed by atoms with Crippen LogP contribution in [0, 0.1) is 0 Å². The highest BCUT2D eigenvalue weighted by Crippen LogP contribution is 2.46. The molecule has 0 saturated heterocycles. The van der Waals surface area contributed by atoms with Gasteiger partial charge < -0.3 is 4.42 Å². The smallest absolute Gasteiger partial charge is 0.143 e. The normalized spacial score (nSPS) is 12.2. The molecule has 0 radical (unpaired) electrons. The van der Waals surface area contributed by atoms with E-state index in [1.165, 1.54) is 92.5 Å². The SMILES string of the molecule is c1ccc2cc3c(cc2c1)oc1c(-c2cc4ccccc4c4ccccc24)ccc(-c2ccc(-c4ccc5ccc6cccc7ccc4c5c67)cc2)c13. The van der Waals surface area contributed by atoms with E-state index in [1.54, 1.807) is 0 Å². The van der Waals surface area contributed by atoms with Crippen LogP contribution in [0.25, 0.3) is 120 Å². The first kappa shape index (κ1) is 28.7. The Balaban J connectivity index is 1.09. The Morgan fingerprint density at radius 2 is 0.830 bits per heavy atom. The van der Waals surface area contributed by atoms with Gasteiger partial charge in [0.2, 0.25) is 0 Å². The first-order valence-corrected chi connectivity index (χ1v) is 18.3. The van der Waals surface area contributed by atoms with Crippen molar-refractivity contribution < 1.29 is 4.42 Å². The second-order valence-electron chi connectivity index (χ2n) is 14.4. The summed E-state index contributed by atoms with van der Waals surface area (Å²) in [7, 11) is 0. The van der Waals surface area contributed by atoms with Crippen LogP contribution in [0.5, 0.6) is 0 Å². The molecule has 0 aliphatic heterocycles. The molecule has 0 spiro atoms. The quantitative estimate of drug-likeness (QED) is 0.171. The first-order valence-electron chi connectivity index (χ1n) is 18.3. The Kier molecular flexibility index (Phi) is 5.84. The Hall–Kier alpha value is -6.96. The molecule has 0 bridgehead atoms. The summed E-state index contributed by atoms with van der Waals surface area (Å²) in [5.74, 6) is 0. The fourth-order valence-electron chi connectivity index (χ4n) is 9.11. The highest BCUT2D eigenvalue weighted by atomic mass is 16.3. The molecule has 1 nitrogen and oxygen atoms in total. The molecule has 12 rings (SSSR count). The predicted octanol–water partition coefficient (Wildman–Crippen LogP) is 14.9. The zero-order valence-corrected chi connectivity index (χ0v) is 28.7. The molecule has 0 aliphatic carbocycles. The summed E-state index contributed by atoms with van der Waals surface area (Å²) in [6.45, 7) is 0. The van der Waals surface area contributed by atoms with Crippen molar-refractivity contribution in [2.75, 3.05) is 0 Å². The molecule has 244 valence electrons. The topological polar surface area (TPSA) is 13.1 Å². The molecule has 53 heavy (non-hydrogen) atoms. The van der Waals surface area contributed by atoms with Gasteiger partial charge in [-0.25, -0.2) is 0 Å². The Labute approximate surface area is 305 Å². The van der Waals surface area contributed by atoms with Crippen molar-refractivity contribution in [3.8, 4) is 33.4 Å². The third kappa shape index (κ3) is 4.14. The van der Waals surface area contributed by atoms with Crippen molar-refractivity contribution in [1.29, 1.82) is 0 Å². The number of furan rings is 1. The summed E-state index contributed by atoms with van der Waals surface area (Å²) in [5, 5.41) is 17.5. The Morgan fingerprint density at radius 3 is 1.62 bits per heavy atom. The number of rotatable bonds is 3. The van der Waals surface area contributed by atoms with Crippen LogP contribution in [0.2, 0.25) is 0 Å². The molecule has 0 fully saturated rings. The van der Waals surface area contributed by atoms with Crippen molar-refractivity contribution in [3.63, 3.8) is 0 Å². The number of hydrogen-bond donors (Lipinski definition) is 0. The fraction of sp³-hybridized carbons (Fsp3) is 0. The number of hydrogen-bond acceptors (Lipinski definition) is 1. The van der Waals surface area contributed by atoms with E-state index in [-0.39, 0.29) is 0 Å². The van der Waals surface area contributed by atoms with Crippen LogP contribution in [0.4, 0.5) is 0 Å². The standard InChI is InChI=1S/C52H30O/c1-2-9-37-30-48-47(28-36(37)8-1)51-41(26-27-45(52(51)53-48)46-29-38-10-3-4-13-39(38)42-14-5-6-15-43(42)46)32-18-16-31(17-19-32)40-24-22-35-21-20-33-11-7-12-34-23-25-44(40)50(35)49(33)34/h1-30H. The Bertz CT molecular complexity index is 3420. The van der Waals surface area contributed by atoms with Crippen LogP contribution in [0.15, 0.2) is 186 Å². The predicted molar refractivity (Wildman–Crippen MR) is 226 cm³/mol. The van der Waals surface area contributed by atoms with Crippen molar-refractivity contribution in [1.82, 2.24) is 0 Å². The van der Waals surface area contributed by atoms with Gasteiger partial charge in [0, 0.05) is 16.3 Å². The molecule has 1 aromatic heterocycles. The van der Waals surface area contributed by atoms with Crippen LogP contribution in [-0.2, 0) is 0 Å². The summed E-state index contributed by atoms with van der Waals surface area (Å²) < 4.78 is 6.97. The van der Waals surface area contributed by atoms with Gasteiger partial charge in [0.15, 0.2) is 0 Å². The Morgan fingerprint density at radius 1 is 0.264 bits per heavy atom. The van der Waals surface area contributed by atoms with Gasteiger partial charge in [0.1, 0.15) is 11.2 Å². The van der Waals surface area contributed by atoms with Gasteiger partial charge in [-0.1, -0.05) is 158 Å². The summed E-state index contributed by atoms with van der Waals surface area (Å²) in [5.41, 5.74) is 8.93. The van der Waals surface area contributed by atoms with Crippen molar-refractivity contribution in [2.45, 2.75) is 0 Å². The van der Waals surface area contributed by atoms with Gasteiger partial charge in [0.25, 0.3) is 0 Å². The van der Waals surface area contributed by atoms with E-state index in [4.69, 9.17) is 4.42 Å². The maximum Gasteiger partial charge on any atom is 0.143 e. The second kappa shape index (κ2) is 10.8. The third-order valence-electron chi connectivity index (χ3n) is 11.6. The molecule has 0 saturated carbocycles. The summed E-state index contributed by atoms with van der Waals surface area (Å²) >= 11 is 0. The lowest BCUT2D eigenvalue weighted by molar-refractivity contribution is 0.670. The van der Waals surface area contributed by atoms with E-state index >= 15 is 0 Å². The van der Waals surface area contributed by atoms with Gasteiger partial charge in [-0.2, -0.15) is 0 Å². The minimum absolute atomic E-state index is 0.905. The highest BCUT2D eigenvalue weighted by molar-refractivity contribution is 6.26. The zero-order valence-electron chi connectivity index (χ0n) is 28.7. The zero-order chi connectivity index (χ0) is 34.6. The van der Waals surface area contributed by atoms with Crippen LogP contribution in [0.1, 0.15) is 0 Å². The summed E-state index contributed by atoms with van der Waals surface area (Å²) in [4.78, 5) is 0. The van der Waals surface area contributed by atoms with E-state index in [2.05, 4.69) is 182 Å². The largest absolute Gasteiger partial charge is 0.455 e. The molecule has 0 atom stereocenters. The van der Waals surface area contributed by atoms with Gasteiger partial charge in [-0.3, -0.25) is 0 Å². The maximum atomic E-state index is 6.97. The van der Waals surface area contributed by atoms with Crippen molar-refractivity contribution >= 4 is 86.6 Å². The number of fused-ring (bicyclic) bond motifs is 7. The molecule has 0 amide bonds. The first-order chi connectivity index (χ1) is 26.3. The molecule has 0 N–H and O–H groups in total. The van der Waals surface area contributed by atoms with Crippen molar-refractivity contribution in [3.05, 3.63) is 182 Å². The van der Waals surface area contributed by atoms with Gasteiger partial charge in [0.05, 0.1) is 0 Å². The molecule has 11 aromatic carbocycles. The lowest BCUT2D eigenvalue weighted by atomic mass is 9.88. The van der Waals surface area contributed by atoms with Gasteiger partial charge >= 0.3 is 0 Å². The average Bonchev–Trinajstić information content (AvgIpc) is 3.60. The van der Waals surface area contributed by atoms with E-state index in [0.29, 0.717) is 0 Å². The van der Waals surface area contributed by atoms with Crippen LogP contribution >= 0.6 is 0 Å². The lowest BCUT2D eigenvalue weighted by Gasteiger charge is -2.15. The number of benzene rings is 11. The minimum atomic E-state index is 0.905. The van der Waals surface area contributed by atoms with E-state index in [1.807, 2.05) is 0 Å². The minimum Gasteiger partial charge on any atom is -0.455 e. The molecule has 0 aliphatic rings. The van der Waals surface area contributed by atoms with E-state index < -0.39 is 0 Å². The highest BCUT2D eigenvalue weighted by Gasteiger charge is 2.20. The van der Waals surface area contributed by atoms with Crippen LogP contribution in [-0.4, -0.2) is 0 Å². The third-order valence-corrected chi connectivity index (χ3v) is 11.6. The molecule has 1 heteroatoms. The van der Waals surface area contributed by atoms with E-state index in [9.17, 15) is 0 Å². The molecule has 12 aromatic rings.